The topological polar surface area (TPSA) is 52.7 Å². The van der Waals surface area contributed by atoms with Crippen molar-refractivity contribution in [3.05, 3.63) is 59.9 Å². The molecule has 0 aliphatic carbocycles. The van der Waals surface area contributed by atoms with Gasteiger partial charge in [-0.3, -0.25) is 9.59 Å². The first-order chi connectivity index (χ1) is 12.9. The van der Waals surface area contributed by atoms with Gasteiger partial charge in [-0.15, -0.1) is 0 Å². The molecule has 2 amide bonds. The van der Waals surface area contributed by atoms with E-state index < -0.39 is 6.04 Å². The third kappa shape index (κ3) is 4.64. The Morgan fingerprint density at radius 1 is 1.26 bits per heavy atom. The van der Waals surface area contributed by atoms with Gasteiger partial charge in [0, 0.05) is 37.9 Å². The maximum atomic E-state index is 13.3. The first-order valence-corrected chi connectivity index (χ1v) is 9.10. The fraction of sp³-hybridized carbons (Fsp3) is 0.333. The molecule has 0 radical (unpaired) electrons. The zero-order valence-electron chi connectivity index (χ0n) is 15.6. The largest absolute Gasteiger partial charge is 0.374 e. The van der Waals surface area contributed by atoms with Gasteiger partial charge in [0.25, 0.3) is 0 Å². The Hall–Kier alpha value is -2.89. The first kappa shape index (κ1) is 18.9. The molecule has 1 atom stereocenters. The number of halogens is 1. The van der Waals surface area contributed by atoms with Gasteiger partial charge >= 0.3 is 0 Å². The van der Waals surface area contributed by atoms with Crippen LogP contribution in [0.4, 0.5) is 15.8 Å². The third-order valence-electron chi connectivity index (χ3n) is 4.69. The van der Waals surface area contributed by atoms with Crippen molar-refractivity contribution in [2.45, 2.75) is 32.4 Å². The van der Waals surface area contributed by atoms with Crippen LogP contribution >= 0.6 is 0 Å². The number of carbonyl (C=O) groups is 2. The van der Waals surface area contributed by atoms with Crippen molar-refractivity contribution in [3.63, 3.8) is 0 Å². The summed E-state index contributed by atoms with van der Waals surface area (Å²) in [6.45, 7) is 2.90. The van der Waals surface area contributed by atoms with Crippen molar-refractivity contribution < 1.29 is 14.0 Å². The number of nitrogens with zero attached hydrogens (tertiary/aromatic N) is 2. The molecule has 5 nitrogen and oxygen atoms in total. The summed E-state index contributed by atoms with van der Waals surface area (Å²) in [7, 11) is 1.70. The fourth-order valence-electron chi connectivity index (χ4n) is 3.29. The lowest BCUT2D eigenvalue weighted by Crippen LogP contribution is -2.38. The molecule has 0 saturated carbocycles. The number of amides is 2. The van der Waals surface area contributed by atoms with Crippen LogP contribution in [0.15, 0.2) is 48.5 Å². The monoisotopic (exact) mass is 369 g/mol. The molecule has 27 heavy (non-hydrogen) atoms. The molecule has 6 heteroatoms. The quantitative estimate of drug-likeness (QED) is 0.849. The van der Waals surface area contributed by atoms with Gasteiger partial charge in [-0.05, 0) is 55.3 Å². The van der Waals surface area contributed by atoms with E-state index in [9.17, 15) is 14.0 Å². The summed E-state index contributed by atoms with van der Waals surface area (Å²) in [6, 6.07) is 13.3. The van der Waals surface area contributed by atoms with Gasteiger partial charge in [-0.25, -0.2) is 4.39 Å². The number of hydrogen-bond donors (Lipinski definition) is 1. The predicted molar refractivity (Wildman–Crippen MR) is 104 cm³/mol. The van der Waals surface area contributed by atoms with Crippen molar-refractivity contribution in [1.82, 2.24) is 4.90 Å². The van der Waals surface area contributed by atoms with Gasteiger partial charge in [0.1, 0.15) is 11.9 Å². The van der Waals surface area contributed by atoms with Crippen molar-refractivity contribution >= 4 is 23.2 Å². The summed E-state index contributed by atoms with van der Waals surface area (Å²) in [6.07, 6.45) is 1.49. The van der Waals surface area contributed by atoms with Gasteiger partial charge in [0.15, 0.2) is 0 Å². The Labute approximate surface area is 158 Å². The number of benzene rings is 2. The Bertz CT molecular complexity index is 822. The van der Waals surface area contributed by atoms with E-state index in [0.29, 0.717) is 13.0 Å². The highest BCUT2D eigenvalue weighted by Crippen LogP contribution is 2.23. The molecule has 0 bridgehead atoms. The zero-order valence-corrected chi connectivity index (χ0v) is 15.6. The average molecular weight is 369 g/mol. The Balaban J connectivity index is 1.58. The van der Waals surface area contributed by atoms with E-state index in [1.165, 1.54) is 12.1 Å². The van der Waals surface area contributed by atoms with E-state index in [0.717, 1.165) is 29.9 Å². The van der Waals surface area contributed by atoms with E-state index in [4.69, 9.17) is 0 Å². The standard InChI is InChI=1S/C21H24FN3O2/c1-15(21(27)24(2)14-16-5-3-6-17(22)13-16)23-18-8-10-19(11-9-18)25-12-4-7-20(25)26/h3,5-6,8-11,13,15,23H,4,7,12,14H2,1-2H3. The summed E-state index contributed by atoms with van der Waals surface area (Å²) in [5.74, 6) is -0.243. The molecular weight excluding hydrogens is 345 g/mol. The van der Waals surface area contributed by atoms with Crippen LogP contribution in [0.1, 0.15) is 25.3 Å². The minimum atomic E-state index is -0.428. The highest BCUT2D eigenvalue weighted by molar-refractivity contribution is 5.95. The smallest absolute Gasteiger partial charge is 0.244 e. The second-order valence-electron chi connectivity index (χ2n) is 6.89. The van der Waals surface area contributed by atoms with Crippen molar-refractivity contribution in [2.24, 2.45) is 0 Å². The summed E-state index contributed by atoms with van der Waals surface area (Å²) in [5.41, 5.74) is 2.44. The molecule has 0 aromatic heterocycles. The Kier molecular flexibility index (Phi) is 5.74. The van der Waals surface area contributed by atoms with Crippen LogP contribution in [0.3, 0.4) is 0 Å². The van der Waals surface area contributed by atoms with E-state index in [1.807, 2.05) is 24.3 Å². The molecule has 1 fully saturated rings. The van der Waals surface area contributed by atoms with E-state index >= 15 is 0 Å². The summed E-state index contributed by atoms with van der Waals surface area (Å²) < 4.78 is 13.3. The molecule has 3 rings (SSSR count). The number of nitrogens with one attached hydrogen (secondary N) is 1. The summed E-state index contributed by atoms with van der Waals surface area (Å²) in [4.78, 5) is 27.7. The van der Waals surface area contributed by atoms with Crippen LogP contribution in [-0.2, 0) is 16.1 Å². The molecule has 1 unspecified atom stereocenters. The second-order valence-corrected chi connectivity index (χ2v) is 6.89. The van der Waals surface area contributed by atoms with Crippen molar-refractivity contribution in [3.8, 4) is 0 Å². The Morgan fingerprint density at radius 2 is 2.00 bits per heavy atom. The van der Waals surface area contributed by atoms with Crippen LogP contribution < -0.4 is 10.2 Å². The highest BCUT2D eigenvalue weighted by atomic mass is 19.1. The fourth-order valence-corrected chi connectivity index (χ4v) is 3.29. The SMILES string of the molecule is CC(Nc1ccc(N2CCCC2=O)cc1)C(=O)N(C)Cc1cccc(F)c1. The molecule has 1 saturated heterocycles. The second kappa shape index (κ2) is 8.20. The molecule has 1 aliphatic heterocycles. The molecule has 0 spiro atoms. The lowest BCUT2D eigenvalue weighted by molar-refractivity contribution is -0.130. The molecule has 142 valence electrons. The maximum absolute atomic E-state index is 13.3. The van der Waals surface area contributed by atoms with Gasteiger partial charge in [-0.2, -0.15) is 0 Å². The molecular formula is C21H24FN3O2. The maximum Gasteiger partial charge on any atom is 0.244 e. The molecule has 1 heterocycles. The number of hydrogen-bond acceptors (Lipinski definition) is 3. The molecule has 2 aromatic carbocycles. The van der Waals surface area contributed by atoms with Crippen LogP contribution in [-0.4, -0.2) is 36.3 Å². The summed E-state index contributed by atoms with van der Waals surface area (Å²) >= 11 is 0. The highest BCUT2D eigenvalue weighted by Gasteiger charge is 2.22. The zero-order chi connectivity index (χ0) is 19.4. The minimum Gasteiger partial charge on any atom is -0.374 e. The number of anilines is 2. The molecule has 2 aromatic rings. The number of likely N-dealkylation sites (N-methyl/N-ethyl adjacent to an activating group) is 1. The van der Waals surface area contributed by atoms with E-state index in [-0.39, 0.29) is 17.6 Å². The van der Waals surface area contributed by atoms with Gasteiger partial charge in [0.2, 0.25) is 11.8 Å². The summed E-state index contributed by atoms with van der Waals surface area (Å²) in [5, 5.41) is 3.18. The van der Waals surface area contributed by atoms with Crippen molar-refractivity contribution in [2.75, 3.05) is 23.8 Å². The normalized spacial score (nSPS) is 14.9. The van der Waals surface area contributed by atoms with Gasteiger partial charge in [-0.1, -0.05) is 12.1 Å². The van der Waals surface area contributed by atoms with Crippen molar-refractivity contribution in [1.29, 1.82) is 0 Å². The Morgan fingerprint density at radius 3 is 2.63 bits per heavy atom. The molecule has 1 aliphatic rings. The predicted octanol–water partition coefficient (Wildman–Crippen LogP) is 3.41. The van der Waals surface area contributed by atoms with Gasteiger partial charge in [0.05, 0.1) is 0 Å². The van der Waals surface area contributed by atoms with Crippen LogP contribution in [0.5, 0.6) is 0 Å². The number of carbonyl (C=O) groups excluding carboxylic acids is 2. The lowest BCUT2D eigenvalue weighted by Gasteiger charge is -2.23. The van der Waals surface area contributed by atoms with Crippen LogP contribution in [0, 0.1) is 5.82 Å². The van der Waals surface area contributed by atoms with Crippen LogP contribution in [0.2, 0.25) is 0 Å². The number of rotatable bonds is 6. The minimum absolute atomic E-state index is 0.0851. The van der Waals surface area contributed by atoms with E-state index in [1.54, 1.807) is 35.9 Å². The lowest BCUT2D eigenvalue weighted by atomic mass is 10.2. The third-order valence-corrected chi connectivity index (χ3v) is 4.69. The van der Waals surface area contributed by atoms with Gasteiger partial charge < -0.3 is 15.1 Å². The van der Waals surface area contributed by atoms with Crippen LogP contribution in [0.25, 0.3) is 0 Å². The average Bonchev–Trinajstić information content (AvgIpc) is 3.07. The molecule has 1 N–H and O–H groups in total. The van der Waals surface area contributed by atoms with E-state index in [2.05, 4.69) is 5.32 Å². The first-order valence-electron chi connectivity index (χ1n) is 9.10.